The third-order valence-electron chi connectivity index (χ3n) is 4.00. The van der Waals surface area contributed by atoms with E-state index in [1.54, 1.807) is 6.21 Å². The fourth-order valence-corrected chi connectivity index (χ4v) is 3.05. The van der Waals surface area contributed by atoms with Crippen LogP contribution < -0.4 is 10.2 Å². The van der Waals surface area contributed by atoms with Crippen LogP contribution in [0.4, 0.5) is 0 Å². The predicted octanol–water partition coefficient (Wildman–Crippen LogP) is 4.58. The average molecular weight is 414 g/mol. The standard InChI is InChI=1S/C20H20BrN3O2/c1-13(2)14-7-8-19(17(21)9-14)26-12-20(25)24-23-11-15-10-22-18-6-4-3-5-16(15)18/h3-11,13,22H,12H2,1-2H3,(H,24,25). The molecule has 1 amide bonds. The largest absolute Gasteiger partial charge is 0.483 e. The van der Waals surface area contributed by atoms with E-state index in [1.165, 1.54) is 5.56 Å². The van der Waals surface area contributed by atoms with Crippen molar-refractivity contribution in [1.82, 2.24) is 10.4 Å². The molecule has 3 aromatic rings. The molecule has 0 aliphatic rings. The van der Waals surface area contributed by atoms with Gasteiger partial charge < -0.3 is 9.72 Å². The fraction of sp³-hybridized carbons (Fsp3) is 0.200. The Hall–Kier alpha value is -2.60. The number of amides is 1. The number of para-hydroxylation sites is 1. The van der Waals surface area contributed by atoms with Crippen LogP contribution in [0.3, 0.4) is 0 Å². The first-order valence-electron chi connectivity index (χ1n) is 8.35. The molecule has 0 saturated heterocycles. The van der Waals surface area contributed by atoms with Crippen LogP contribution in [0.1, 0.15) is 30.9 Å². The number of rotatable bonds is 6. The van der Waals surface area contributed by atoms with Gasteiger partial charge in [0.05, 0.1) is 10.7 Å². The molecule has 0 atom stereocenters. The second-order valence-corrected chi connectivity index (χ2v) is 7.07. The molecule has 0 bridgehead atoms. The summed E-state index contributed by atoms with van der Waals surface area (Å²) in [5, 5.41) is 5.05. The number of nitrogens with one attached hydrogen (secondary N) is 2. The van der Waals surface area contributed by atoms with E-state index < -0.39 is 0 Å². The lowest BCUT2D eigenvalue weighted by Crippen LogP contribution is -2.24. The third kappa shape index (κ3) is 4.32. The highest BCUT2D eigenvalue weighted by Crippen LogP contribution is 2.28. The first-order valence-corrected chi connectivity index (χ1v) is 9.14. The lowest BCUT2D eigenvalue weighted by atomic mass is 10.0. The molecule has 1 aromatic heterocycles. The summed E-state index contributed by atoms with van der Waals surface area (Å²) in [6, 6.07) is 13.8. The number of fused-ring (bicyclic) bond motifs is 1. The van der Waals surface area contributed by atoms with Crippen LogP contribution in [0.5, 0.6) is 5.75 Å². The van der Waals surface area contributed by atoms with E-state index in [0.717, 1.165) is 20.9 Å². The number of aromatic nitrogens is 1. The molecule has 0 saturated carbocycles. The highest BCUT2D eigenvalue weighted by molar-refractivity contribution is 9.10. The molecule has 6 heteroatoms. The Morgan fingerprint density at radius 1 is 1.31 bits per heavy atom. The van der Waals surface area contributed by atoms with E-state index in [4.69, 9.17) is 4.74 Å². The summed E-state index contributed by atoms with van der Waals surface area (Å²) in [5.41, 5.74) is 5.62. The molecule has 0 spiro atoms. The Morgan fingerprint density at radius 2 is 2.12 bits per heavy atom. The van der Waals surface area contributed by atoms with Crippen molar-refractivity contribution < 1.29 is 9.53 Å². The average Bonchev–Trinajstić information content (AvgIpc) is 3.04. The zero-order valence-corrected chi connectivity index (χ0v) is 16.2. The van der Waals surface area contributed by atoms with Gasteiger partial charge in [-0.05, 0) is 45.6 Å². The molecule has 3 rings (SSSR count). The maximum atomic E-state index is 11.9. The molecule has 0 aliphatic heterocycles. The minimum absolute atomic E-state index is 0.106. The number of halogens is 1. The number of H-pyrrole nitrogens is 1. The van der Waals surface area contributed by atoms with Gasteiger partial charge in [0.2, 0.25) is 0 Å². The number of hydrazone groups is 1. The van der Waals surface area contributed by atoms with Gasteiger partial charge in [-0.15, -0.1) is 0 Å². The highest BCUT2D eigenvalue weighted by Gasteiger charge is 2.08. The summed E-state index contributed by atoms with van der Waals surface area (Å²) >= 11 is 3.48. The maximum absolute atomic E-state index is 11.9. The number of hydrogen-bond acceptors (Lipinski definition) is 3. The van der Waals surface area contributed by atoms with Gasteiger partial charge in [-0.2, -0.15) is 5.10 Å². The molecule has 134 valence electrons. The second kappa shape index (κ2) is 8.19. The molecule has 0 fully saturated rings. The number of benzene rings is 2. The number of carbonyl (C=O) groups excluding carboxylic acids is 1. The van der Waals surface area contributed by atoms with Crippen molar-refractivity contribution in [3.05, 3.63) is 64.3 Å². The van der Waals surface area contributed by atoms with Crippen molar-refractivity contribution in [3.8, 4) is 5.75 Å². The Balaban J connectivity index is 1.54. The first kappa shape index (κ1) is 18.2. The molecule has 0 aliphatic carbocycles. The topological polar surface area (TPSA) is 66.5 Å². The molecular weight excluding hydrogens is 394 g/mol. The number of ether oxygens (including phenoxy) is 1. The molecule has 0 unspecified atom stereocenters. The Bertz CT molecular complexity index is 947. The van der Waals surface area contributed by atoms with Crippen molar-refractivity contribution in [2.45, 2.75) is 19.8 Å². The lowest BCUT2D eigenvalue weighted by Gasteiger charge is -2.10. The number of aromatic amines is 1. The zero-order chi connectivity index (χ0) is 18.5. The van der Waals surface area contributed by atoms with Crippen molar-refractivity contribution in [2.75, 3.05) is 6.61 Å². The Morgan fingerprint density at radius 3 is 2.88 bits per heavy atom. The van der Waals surface area contributed by atoms with Crippen LogP contribution in [0.2, 0.25) is 0 Å². The summed E-state index contributed by atoms with van der Waals surface area (Å²) in [4.78, 5) is 15.1. The van der Waals surface area contributed by atoms with E-state index in [0.29, 0.717) is 11.7 Å². The predicted molar refractivity (Wildman–Crippen MR) is 108 cm³/mol. The highest BCUT2D eigenvalue weighted by atomic mass is 79.9. The SMILES string of the molecule is CC(C)c1ccc(OCC(=O)NN=Cc2c[nH]c3ccccc23)c(Br)c1. The van der Waals surface area contributed by atoms with E-state index >= 15 is 0 Å². The number of nitrogens with zero attached hydrogens (tertiary/aromatic N) is 1. The third-order valence-corrected chi connectivity index (χ3v) is 4.62. The van der Waals surface area contributed by atoms with Gasteiger partial charge in [-0.3, -0.25) is 4.79 Å². The van der Waals surface area contributed by atoms with Crippen molar-refractivity contribution in [1.29, 1.82) is 0 Å². The van der Waals surface area contributed by atoms with Gasteiger partial charge >= 0.3 is 0 Å². The van der Waals surface area contributed by atoms with Gasteiger partial charge in [0.15, 0.2) is 6.61 Å². The second-order valence-electron chi connectivity index (χ2n) is 6.22. The summed E-state index contributed by atoms with van der Waals surface area (Å²) in [7, 11) is 0. The van der Waals surface area contributed by atoms with E-state index in [2.05, 4.69) is 45.3 Å². The van der Waals surface area contributed by atoms with Gasteiger partial charge in [0.1, 0.15) is 5.75 Å². The maximum Gasteiger partial charge on any atom is 0.277 e. The van der Waals surface area contributed by atoms with Gasteiger partial charge in [-0.1, -0.05) is 38.1 Å². The van der Waals surface area contributed by atoms with Crippen molar-refractivity contribution >= 4 is 39.0 Å². The van der Waals surface area contributed by atoms with E-state index in [-0.39, 0.29) is 12.5 Å². The van der Waals surface area contributed by atoms with Crippen molar-refractivity contribution in [2.24, 2.45) is 5.10 Å². The molecule has 0 radical (unpaired) electrons. The molecule has 26 heavy (non-hydrogen) atoms. The fourth-order valence-electron chi connectivity index (χ4n) is 2.54. The number of carbonyl (C=O) groups is 1. The van der Waals surface area contributed by atoms with E-state index in [9.17, 15) is 4.79 Å². The number of hydrogen-bond donors (Lipinski definition) is 2. The minimum Gasteiger partial charge on any atom is -0.483 e. The zero-order valence-electron chi connectivity index (χ0n) is 14.6. The van der Waals surface area contributed by atoms with Crippen LogP contribution in [0.25, 0.3) is 10.9 Å². The van der Waals surface area contributed by atoms with Gasteiger partial charge in [-0.25, -0.2) is 5.43 Å². The molecular formula is C20H20BrN3O2. The van der Waals surface area contributed by atoms with Gasteiger partial charge in [0.25, 0.3) is 5.91 Å². The monoisotopic (exact) mass is 413 g/mol. The first-order chi connectivity index (χ1) is 12.5. The van der Waals surface area contributed by atoms with Crippen LogP contribution in [0.15, 0.2) is 58.2 Å². The smallest absolute Gasteiger partial charge is 0.277 e. The van der Waals surface area contributed by atoms with Crippen LogP contribution >= 0.6 is 15.9 Å². The van der Waals surface area contributed by atoms with Crippen LogP contribution in [-0.2, 0) is 4.79 Å². The summed E-state index contributed by atoms with van der Waals surface area (Å²) < 4.78 is 6.38. The summed E-state index contributed by atoms with van der Waals surface area (Å²) in [5.74, 6) is 0.744. The summed E-state index contributed by atoms with van der Waals surface area (Å²) in [6.07, 6.45) is 3.47. The Labute approximate surface area is 160 Å². The van der Waals surface area contributed by atoms with Crippen LogP contribution in [0, 0.1) is 0 Å². The molecule has 1 heterocycles. The molecule has 2 N–H and O–H groups in total. The quantitative estimate of drug-likeness (QED) is 0.458. The minimum atomic E-state index is -0.319. The normalized spacial score (nSPS) is 11.4. The van der Waals surface area contributed by atoms with Crippen LogP contribution in [-0.4, -0.2) is 23.7 Å². The van der Waals surface area contributed by atoms with E-state index in [1.807, 2.05) is 48.7 Å². The van der Waals surface area contributed by atoms with Crippen molar-refractivity contribution in [3.63, 3.8) is 0 Å². The summed E-state index contributed by atoms with van der Waals surface area (Å²) in [6.45, 7) is 4.15. The lowest BCUT2D eigenvalue weighted by molar-refractivity contribution is -0.123. The molecule has 5 nitrogen and oxygen atoms in total. The van der Waals surface area contributed by atoms with Gasteiger partial charge in [0, 0.05) is 22.7 Å². The Kier molecular flexibility index (Phi) is 5.73. The molecule has 2 aromatic carbocycles.